The van der Waals surface area contributed by atoms with E-state index in [4.69, 9.17) is 10.5 Å². The van der Waals surface area contributed by atoms with Gasteiger partial charge in [-0.05, 0) is 19.8 Å². The highest BCUT2D eigenvalue weighted by atomic mass is 32.1. The van der Waals surface area contributed by atoms with E-state index in [0.717, 1.165) is 29.3 Å². The maximum Gasteiger partial charge on any atom is 0.241 e. The van der Waals surface area contributed by atoms with Gasteiger partial charge in [-0.3, -0.25) is 4.79 Å². The Balaban J connectivity index is 1.70. The van der Waals surface area contributed by atoms with E-state index in [9.17, 15) is 4.79 Å². The SMILES string of the molecule is Cc1cnc(CNC(=O)C2(N)C3CCCOC3C2(C)C)s1. The van der Waals surface area contributed by atoms with Crippen molar-refractivity contribution in [3.8, 4) is 0 Å². The third-order valence-corrected chi connectivity index (χ3v) is 6.04. The Bertz CT molecular complexity index is 557. The Morgan fingerprint density at radius 3 is 3.05 bits per heavy atom. The van der Waals surface area contributed by atoms with Crippen molar-refractivity contribution in [1.82, 2.24) is 10.3 Å². The first-order valence-electron chi connectivity index (χ1n) is 7.47. The Morgan fingerprint density at radius 1 is 1.62 bits per heavy atom. The van der Waals surface area contributed by atoms with Crippen molar-refractivity contribution in [1.29, 1.82) is 0 Å². The van der Waals surface area contributed by atoms with Crippen molar-refractivity contribution < 1.29 is 9.53 Å². The number of aryl methyl sites for hydroxylation is 1. The van der Waals surface area contributed by atoms with Gasteiger partial charge in [0, 0.05) is 29.0 Å². The fourth-order valence-corrected chi connectivity index (χ4v) is 4.55. The molecule has 1 aromatic rings. The highest BCUT2D eigenvalue weighted by molar-refractivity contribution is 7.11. The van der Waals surface area contributed by atoms with E-state index in [2.05, 4.69) is 10.3 Å². The zero-order valence-corrected chi connectivity index (χ0v) is 13.6. The van der Waals surface area contributed by atoms with Gasteiger partial charge in [-0.2, -0.15) is 0 Å². The monoisotopic (exact) mass is 309 g/mol. The average molecular weight is 309 g/mol. The molecular weight excluding hydrogens is 286 g/mol. The Labute approximate surface area is 129 Å². The summed E-state index contributed by atoms with van der Waals surface area (Å²) in [5, 5.41) is 3.89. The van der Waals surface area contributed by atoms with Gasteiger partial charge in [0.05, 0.1) is 12.6 Å². The van der Waals surface area contributed by atoms with E-state index in [0.29, 0.717) is 6.54 Å². The predicted molar refractivity (Wildman–Crippen MR) is 81.9 cm³/mol. The highest BCUT2D eigenvalue weighted by Crippen LogP contribution is 2.57. The molecule has 1 saturated carbocycles. The van der Waals surface area contributed by atoms with Crippen molar-refractivity contribution >= 4 is 17.2 Å². The third kappa shape index (κ3) is 2.12. The first-order valence-corrected chi connectivity index (χ1v) is 8.29. The number of amides is 1. The first-order chi connectivity index (χ1) is 9.87. The second-order valence-corrected chi connectivity index (χ2v) is 8.00. The van der Waals surface area contributed by atoms with Crippen LogP contribution in [0.2, 0.25) is 0 Å². The van der Waals surface area contributed by atoms with Gasteiger partial charge >= 0.3 is 0 Å². The molecule has 1 saturated heterocycles. The molecule has 0 spiro atoms. The van der Waals surface area contributed by atoms with Crippen LogP contribution in [0.1, 0.15) is 36.6 Å². The van der Waals surface area contributed by atoms with Crippen LogP contribution in [0, 0.1) is 18.3 Å². The minimum absolute atomic E-state index is 0.0768. The number of rotatable bonds is 3. The first kappa shape index (κ1) is 14.9. The molecule has 1 amide bonds. The number of fused-ring (bicyclic) bond motifs is 1. The van der Waals surface area contributed by atoms with E-state index in [1.807, 2.05) is 27.0 Å². The Hall–Kier alpha value is -0.980. The van der Waals surface area contributed by atoms with Crippen molar-refractivity contribution in [2.24, 2.45) is 17.1 Å². The standard InChI is InChI=1S/C15H23N3O2S/c1-9-7-17-11(21-9)8-18-13(19)15(16)10-5-4-6-20-12(10)14(15,2)3/h7,10,12H,4-6,8,16H2,1-3H3,(H,18,19). The molecule has 116 valence electrons. The van der Waals surface area contributed by atoms with Crippen LogP contribution < -0.4 is 11.1 Å². The maximum atomic E-state index is 12.7. The molecule has 3 rings (SSSR count). The van der Waals surface area contributed by atoms with Gasteiger partial charge in [-0.1, -0.05) is 13.8 Å². The molecule has 0 radical (unpaired) electrons. The molecule has 1 aromatic heterocycles. The van der Waals surface area contributed by atoms with Crippen LogP contribution in [0.4, 0.5) is 0 Å². The average Bonchev–Trinajstić information content (AvgIpc) is 2.89. The van der Waals surface area contributed by atoms with Crippen molar-refractivity contribution in [3.05, 3.63) is 16.1 Å². The molecule has 3 atom stereocenters. The summed E-state index contributed by atoms with van der Waals surface area (Å²) in [6.07, 6.45) is 3.87. The largest absolute Gasteiger partial charge is 0.377 e. The third-order valence-electron chi connectivity index (χ3n) is 5.13. The number of nitrogens with two attached hydrogens (primary N) is 1. The summed E-state index contributed by atoms with van der Waals surface area (Å²) in [6.45, 7) is 7.30. The van der Waals surface area contributed by atoms with Gasteiger partial charge in [-0.15, -0.1) is 11.3 Å². The van der Waals surface area contributed by atoms with E-state index in [1.165, 1.54) is 0 Å². The lowest BCUT2D eigenvalue weighted by Gasteiger charge is -2.65. The van der Waals surface area contributed by atoms with Crippen LogP contribution in [-0.4, -0.2) is 29.1 Å². The maximum absolute atomic E-state index is 12.7. The quantitative estimate of drug-likeness (QED) is 0.889. The van der Waals surface area contributed by atoms with Crippen LogP contribution in [0.3, 0.4) is 0 Å². The fourth-order valence-electron chi connectivity index (χ4n) is 3.82. The number of carbonyl (C=O) groups excluding carboxylic acids is 1. The minimum Gasteiger partial charge on any atom is -0.377 e. The smallest absolute Gasteiger partial charge is 0.241 e. The summed E-state index contributed by atoms with van der Waals surface area (Å²) < 4.78 is 5.83. The van der Waals surface area contributed by atoms with Crippen LogP contribution in [0.5, 0.6) is 0 Å². The van der Waals surface area contributed by atoms with Gasteiger partial charge in [0.25, 0.3) is 0 Å². The van der Waals surface area contributed by atoms with Crippen molar-refractivity contribution in [2.45, 2.75) is 51.8 Å². The summed E-state index contributed by atoms with van der Waals surface area (Å²) in [5.41, 5.74) is 5.36. The summed E-state index contributed by atoms with van der Waals surface area (Å²) in [4.78, 5) is 18.1. The molecule has 0 aromatic carbocycles. The van der Waals surface area contributed by atoms with E-state index in [-0.39, 0.29) is 23.3 Å². The molecule has 2 fully saturated rings. The molecule has 5 nitrogen and oxygen atoms in total. The topological polar surface area (TPSA) is 77.2 Å². The molecule has 1 aliphatic carbocycles. The van der Waals surface area contributed by atoms with E-state index in [1.54, 1.807) is 11.3 Å². The molecular formula is C15H23N3O2S. The Morgan fingerprint density at radius 2 is 2.38 bits per heavy atom. The summed E-state index contributed by atoms with van der Waals surface area (Å²) in [7, 11) is 0. The van der Waals surface area contributed by atoms with Crippen LogP contribution >= 0.6 is 11.3 Å². The molecule has 3 unspecified atom stereocenters. The number of thiazole rings is 1. The second kappa shape index (κ2) is 5.04. The van der Waals surface area contributed by atoms with Crippen molar-refractivity contribution in [3.63, 3.8) is 0 Å². The van der Waals surface area contributed by atoms with Crippen molar-refractivity contribution in [2.75, 3.05) is 6.61 Å². The zero-order valence-electron chi connectivity index (χ0n) is 12.8. The summed E-state index contributed by atoms with van der Waals surface area (Å²) in [5.74, 6) is 0.0476. The zero-order chi connectivity index (χ0) is 15.3. The number of carbonyl (C=O) groups is 1. The van der Waals surface area contributed by atoms with Gasteiger partial charge < -0.3 is 15.8 Å². The van der Waals surface area contributed by atoms with Gasteiger partial charge in [-0.25, -0.2) is 4.98 Å². The molecule has 2 heterocycles. The predicted octanol–water partition coefficient (Wildman–Crippen LogP) is 1.60. The number of aromatic nitrogens is 1. The number of nitrogens with one attached hydrogen (secondary N) is 1. The molecule has 21 heavy (non-hydrogen) atoms. The van der Waals surface area contributed by atoms with Crippen LogP contribution in [0.15, 0.2) is 6.20 Å². The fraction of sp³-hybridized carbons (Fsp3) is 0.733. The van der Waals surface area contributed by atoms with E-state index >= 15 is 0 Å². The molecule has 2 aliphatic rings. The number of hydrogen-bond donors (Lipinski definition) is 2. The van der Waals surface area contributed by atoms with Crippen LogP contribution in [0.25, 0.3) is 0 Å². The van der Waals surface area contributed by atoms with E-state index < -0.39 is 5.54 Å². The number of hydrogen-bond acceptors (Lipinski definition) is 5. The number of nitrogens with zero attached hydrogens (tertiary/aromatic N) is 1. The molecule has 0 bridgehead atoms. The lowest BCUT2D eigenvalue weighted by molar-refractivity contribution is -0.225. The van der Waals surface area contributed by atoms with Crippen LogP contribution in [-0.2, 0) is 16.1 Å². The number of ether oxygens (including phenoxy) is 1. The summed E-state index contributed by atoms with van der Waals surface area (Å²) >= 11 is 1.60. The minimum atomic E-state index is -0.843. The second-order valence-electron chi connectivity index (χ2n) is 6.68. The Kier molecular flexibility index (Phi) is 3.58. The molecule has 3 N–H and O–H groups in total. The lowest BCUT2D eigenvalue weighted by atomic mass is 9.46. The van der Waals surface area contributed by atoms with Gasteiger partial charge in [0.15, 0.2) is 0 Å². The molecule has 6 heteroatoms. The summed E-state index contributed by atoms with van der Waals surface area (Å²) in [6, 6.07) is 0. The lowest BCUT2D eigenvalue weighted by Crippen LogP contribution is -2.82. The normalized spacial score (nSPS) is 33.9. The van der Waals surface area contributed by atoms with Gasteiger partial charge in [0.1, 0.15) is 10.5 Å². The highest BCUT2D eigenvalue weighted by Gasteiger charge is 2.70. The van der Waals surface area contributed by atoms with Gasteiger partial charge in [0.2, 0.25) is 5.91 Å². The molecule has 1 aliphatic heterocycles.